The largest absolute Gasteiger partial charge is 0.459 e. The molecule has 0 saturated carbocycles. The molecule has 0 aliphatic heterocycles. The molecule has 2 aromatic carbocycles. The van der Waals surface area contributed by atoms with Crippen LogP contribution in [0, 0.1) is 0 Å². The molecular weight excluding hydrogens is 304 g/mol. The van der Waals surface area contributed by atoms with Crippen LogP contribution in [0.2, 0.25) is 0 Å². The van der Waals surface area contributed by atoms with Crippen LogP contribution in [0.25, 0.3) is 0 Å². The molecule has 126 valence electrons. The second kappa shape index (κ2) is 8.26. The molecular formula is C19H22N2O3. The van der Waals surface area contributed by atoms with Gasteiger partial charge in [-0.3, -0.25) is 9.69 Å². The Morgan fingerprint density at radius 2 is 1.71 bits per heavy atom. The van der Waals surface area contributed by atoms with Crippen molar-refractivity contribution in [3.63, 3.8) is 0 Å². The summed E-state index contributed by atoms with van der Waals surface area (Å²) in [5, 5.41) is 0. The van der Waals surface area contributed by atoms with Crippen LogP contribution < -0.4 is 5.73 Å². The Kier molecular flexibility index (Phi) is 6.09. The van der Waals surface area contributed by atoms with E-state index in [1.807, 2.05) is 49.2 Å². The van der Waals surface area contributed by atoms with Crippen LogP contribution in [0.3, 0.4) is 0 Å². The monoisotopic (exact) mass is 326 g/mol. The Labute approximate surface area is 142 Å². The first kappa shape index (κ1) is 17.7. The van der Waals surface area contributed by atoms with Crippen LogP contribution in [-0.4, -0.2) is 30.4 Å². The number of hydrogen-bond donors (Lipinski definition) is 1. The molecule has 1 atom stereocenters. The second-order valence-corrected chi connectivity index (χ2v) is 5.56. The van der Waals surface area contributed by atoms with Crippen LogP contribution in [0.5, 0.6) is 0 Å². The Morgan fingerprint density at radius 1 is 1.08 bits per heavy atom. The molecule has 2 N–H and O–H groups in total. The van der Waals surface area contributed by atoms with E-state index < -0.39 is 11.9 Å². The Bertz CT molecular complexity index is 684. The van der Waals surface area contributed by atoms with Gasteiger partial charge in [-0.2, -0.15) is 0 Å². The van der Waals surface area contributed by atoms with Crippen LogP contribution >= 0.6 is 0 Å². The summed E-state index contributed by atoms with van der Waals surface area (Å²) in [4.78, 5) is 25.6. The molecule has 0 fully saturated rings. The number of esters is 1. The molecule has 0 aliphatic carbocycles. The Morgan fingerprint density at radius 3 is 2.25 bits per heavy atom. The molecule has 0 aromatic heterocycles. The zero-order valence-corrected chi connectivity index (χ0v) is 13.9. The van der Waals surface area contributed by atoms with E-state index in [1.54, 1.807) is 24.3 Å². The maximum absolute atomic E-state index is 12.6. The van der Waals surface area contributed by atoms with E-state index in [9.17, 15) is 9.59 Å². The van der Waals surface area contributed by atoms with Crippen molar-refractivity contribution in [1.82, 2.24) is 4.90 Å². The number of likely N-dealkylation sites (N-methyl/N-ethyl adjacent to an activating group) is 1. The smallest absolute Gasteiger partial charge is 0.328 e. The maximum atomic E-state index is 12.6. The Balaban J connectivity index is 2.06. The first-order valence-electron chi connectivity index (χ1n) is 7.83. The van der Waals surface area contributed by atoms with Gasteiger partial charge in [0.25, 0.3) is 0 Å². The normalized spacial score (nSPS) is 12.0. The third kappa shape index (κ3) is 4.43. The van der Waals surface area contributed by atoms with E-state index in [0.29, 0.717) is 5.56 Å². The van der Waals surface area contributed by atoms with Crippen LogP contribution in [-0.2, 0) is 16.1 Å². The van der Waals surface area contributed by atoms with E-state index in [4.69, 9.17) is 10.5 Å². The minimum Gasteiger partial charge on any atom is -0.459 e. The minimum atomic E-state index is -0.479. The van der Waals surface area contributed by atoms with Gasteiger partial charge in [-0.25, -0.2) is 4.79 Å². The summed E-state index contributed by atoms with van der Waals surface area (Å²) in [7, 11) is 1.89. The number of primary amides is 1. The number of nitrogens with two attached hydrogens (primary N) is 1. The van der Waals surface area contributed by atoms with Crippen molar-refractivity contribution in [1.29, 1.82) is 0 Å². The van der Waals surface area contributed by atoms with Gasteiger partial charge in [-0.05, 0) is 36.9 Å². The first-order valence-corrected chi connectivity index (χ1v) is 7.83. The molecule has 24 heavy (non-hydrogen) atoms. The predicted molar refractivity (Wildman–Crippen MR) is 92.2 cm³/mol. The third-order valence-electron chi connectivity index (χ3n) is 3.90. The first-order chi connectivity index (χ1) is 11.5. The van der Waals surface area contributed by atoms with E-state index in [2.05, 4.69) is 0 Å². The number of carbonyl (C=O) groups excluding carboxylic acids is 2. The van der Waals surface area contributed by atoms with Crippen molar-refractivity contribution in [3.05, 3.63) is 71.3 Å². The van der Waals surface area contributed by atoms with Gasteiger partial charge >= 0.3 is 5.97 Å². The summed E-state index contributed by atoms with van der Waals surface area (Å²) in [6.45, 7) is 2.87. The number of hydrogen-bond acceptors (Lipinski definition) is 4. The van der Waals surface area contributed by atoms with Gasteiger partial charge in [0.15, 0.2) is 0 Å². The number of rotatable bonds is 7. The minimum absolute atomic E-state index is 0.152. The lowest BCUT2D eigenvalue weighted by molar-refractivity contribution is -0.151. The number of ether oxygens (including phenoxy) is 1. The fourth-order valence-corrected chi connectivity index (χ4v) is 2.39. The Hall–Kier alpha value is -2.66. The van der Waals surface area contributed by atoms with E-state index in [1.165, 1.54) is 0 Å². The second-order valence-electron chi connectivity index (χ2n) is 5.56. The van der Waals surface area contributed by atoms with Crippen molar-refractivity contribution < 1.29 is 14.3 Å². The van der Waals surface area contributed by atoms with Crippen LogP contribution in [0.4, 0.5) is 0 Å². The van der Waals surface area contributed by atoms with Crippen molar-refractivity contribution >= 4 is 11.9 Å². The van der Waals surface area contributed by atoms with Gasteiger partial charge in [0.05, 0.1) is 0 Å². The molecule has 0 saturated heterocycles. The van der Waals surface area contributed by atoms with Gasteiger partial charge in [0, 0.05) is 5.56 Å². The summed E-state index contributed by atoms with van der Waals surface area (Å²) in [5.41, 5.74) is 7.34. The lowest BCUT2D eigenvalue weighted by Crippen LogP contribution is -2.32. The third-order valence-corrected chi connectivity index (χ3v) is 3.90. The molecule has 0 bridgehead atoms. The van der Waals surface area contributed by atoms with Gasteiger partial charge in [0.1, 0.15) is 12.6 Å². The number of nitrogens with zero attached hydrogens (tertiary/aromatic N) is 1. The van der Waals surface area contributed by atoms with E-state index in [-0.39, 0.29) is 12.6 Å². The fraction of sp³-hybridized carbons (Fsp3) is 0.263. The summed E-state index contributed by atoms with van der Waals surface area (Å²) in [6, 6.07) is 15.8. The van der Waals surface area contributed by atoms with E-state index >= 15 is 0 Å². The molecule has 0 spiro atoms. The van der Waals surface area contributed by atoms with Crippen LogP contribution in [0.15, 0.2) is 54.6 Å². The fourth-order valence-electron chi connectivity index (χ4n) is 2.39. The average Bonchev–Trinajstić information content (AvgIpc) is 2.61. The van der Waals surface area contributed by atoms with Crippen molar-refractivity contribution in [2.75, 3.05) is 13.6 Å². The molecule has 0 heterocycles. The predicted octanol–water partition coefficient (Wildman–Crippen LogP) is 2.52. The highest BCUT2D eigenvalue weighted by Gasteiger charge is 2.25. The van der Waals surface area contributed by atoms with Crippen molar-refractivity contribution in [3.8, 4) is 0 Å². The highest BCUT2D eigenvalue weighted by molar-refractivity contribution is 5.92. The quantitative estimate of drug-likeness (QED) is 0.794. The zero-order valence-electron chi connectivity index (χ0n) is 13.9. The van der Waals surface area contributed by atoms with Gasteiger partial charge in [-0.1, -0.05) is 49.4 Å². The molecule has 1 unspecified atom stereocenters. The number of amides is 1. The van der Waals surface area contributed by atoms with Gasteiger partial charge in [0.2, 0.25) is 5.91 Å². The van der Waals surface area contributed by atoms with Gasteiger partial charge < -0.3 is 10.5 Å². The van der Waals surface area contributed by atoms with E-state index in [0.717, 1.165) is 17.7 Å². The SMILES string of the molecule is CCN(C)C(C(=O)OCc1ccc(C(N)=O)cc1)c1ccccc1. The molecule has 2 aromatic rings. The topological polar surface area (TPSA) is 72.6 Å². The molecule has 5 heteroatoms. The highest BCUT2D eigenvalue weighted by atomic mass is 16.5. The molecule has 1 amide bonds. The van der Waals surface area contributed by atoms with Crippen molar-refractivity contribution in [2.45, 2.75) is 19.6 Å². The lowest BCUT2D eigenvalue weighted by Gasteiger charge is -2.25. The lowest BCUT2D eigenvalue weighted by atomic mass is 10.1. The standard InChI is InChI=1S/C19H22N2O3/c1-3-21(2)17(15-7-5-4-6-8-15)19(23)24-13-14-9-11-16(12-10-14)18(20)22/h4-12,17H,3,13H2,1-2H3,(H2,20,22). The van der Waals surface area contributed by atoms with Gasteiger partial charge in [-0.15, -0.1) is 0 Å². The number of carbonyl (C=O) groups is 2. The molecule has 5 nitrogen and oxygen atoms in total. The molecule has 2 rings (SSSR count). The maximum Gasteiger partial charge on any atom is 0.328 e. The average molecular weight is 326 g/mol. The zero-order chi connectivity index (χ0) is 17.5. The highest BCUT2D eigenvalue weighted by Crippen LogP contribution is 2.21. The van der Waals surface area contributed by atoms with Crippen molar-refractivity contribution in [2.24, 2.45) is 5.73 Å². The molecule has 0 aliphatic rings. The number of benzene rings is 2. The molecule has 0 radical (unpaired) electrons. The van der Waals surface area contributed by atoms with Crippen LogP contribution in [0.1, 0.15) is 34.5 Å². The summed E-state index contributed by atoms with van der Waals surface area (Å²) < 4.78 is 5.47. The summed E-state index contributed by atoms with van der Waals surface area (Å²) in [5.74, 6) is -0.781. The summed E-state index contributed by atoms with van der Waals surface area (Å²) in [6.07, 6.45) is 0. The summed E-state index contributed by atoms with van der Waals surface area (Å²) >= 11 is 0.